The van der Waals surface area contributed by atoms with Crippen LogP contribution >= 0.6 is 15.9 Å². The number of nitrogens with zero attached hydrogens (tertiary/aromatic N) is 1. The summed E-state index contributed by atoms with van der Waals surface area (Å²) in [6, 6.07) is 7.49. The maximum atomic E-state index is 11.6. The molecule has 0 spiro atoms. The Morgan fingerprint density at radius 3 is 2.70 bits per heavy atom. The van der Waals surface area contributed by atoms with Crippen molar-refractivity contribution in [3.63, 3.8) is 0 Å². The van der Waals surface area contributed by atoms with E-state index >= 15 is 0 Å². The Kier molecular flexibility index (Phi) is 4.93. The molecule has 7 heteroatoms. The van der Waals surface area contributed by atoms with Gasteiger partial charge in [-0.25, -0.2) is 13.8 Å². The normalized spacial score (nSPS) is 21.1. The van der Waals surface area contributed by atoms with E-state index in [1.54, 1.807) is 6.21 Å². The highest BCUT2D eigenvalue weighted by atomic mass is 79.9. The fourth-order valence-corrected chi connectivity index (χ4v) is 4.19. The van der Waals surface area contributed by atoms with Gasteiger partial charge in [0.05, 0.1) is 17.7 Å². The molecule has 0 aromatic heterocycles. The molecule has 1 aromatic carbocycles. The molecular weight excluding hydrogens is 344 g/mol. The number of hydrazone groups is 1. The summed E-state index contributed by atoms with van der Waals surface area (Å²) in [5.41, 5.74) is 3.30. The highest BCUT2D eigenvalue weighted by Crippen LogP contribution is 2.21. The van der Waals surface area contributed by atoms with Crippen molar-refractivity contribution in [1.82, 2.24) is 5.43 Å². The monoisotopic (exact) mass is 358 g/mol. The SMILES string of the molecule is O=C(C[C@@H]1CCS(=O)(=O)C1)N/N=C\c1ccc(Br)cc1. The zero-order valence-electron chi connectivity index (χ0n) is 10.8. The van der Waals surface area contributed by atoms with Crippen LogP contribution in [0.2, 0.25) is 0 Å². The van der Waals surface area contributed by atoms with Gasteiger partial charge in [-0.1, -0.05) is 28.1 Å². The molecule has 108 valence electrons. The smallest absolute Gasteiger partial charge is 0.240 e. The highest BCUT2D eigenvalue weighted by molar-refractivity contribution is 9.10. The van der Waals surface area contributed by atoms with Gasteiger partial charge in [0, 0.05) is 10.9 Å². The summed E-state index contributed by atoms with van der Waals surface area (Å²) in [6.45, 7) is 0. The molecular formula is C13H15BrN2O3S. The minimum absolute atomic E-state index is 0.0807. The molecule has 1 saturated heterocycles. The van der Waals surface area contributed by atoms with Crippen molar-refractivity contribution in [2.24, 2.45) is 11.0 Å². The number of carbonyl (C=O) groups excluding carboxylic acids is 1. The van der Waals surface area contributed by atoms with Gasteiger partial charge in [0.15, 0.2) is 9.84 Å². The van der Waals surface area contributed by atoms with Gasteiger partial charge >= 0.3 is 0 Å². The third-order valence-corrected chi connectivity index (χ3v) is 5.44. The molecule has 0 bridgehead atoms. The third kappa shape index (κ3) is 4.72. The van der Waals surface area contributed by atoms with Gasteiger partial charge in [0.25, 0.3) is 0 Å². The first-order valence-corrected chi connectivity index (χ1v) is 8.84. The number of carbonyl (C=O) groups is 1. The summed E-state index contributed by atoms with van der Waals surface area (Å²) in [4.78, 5) is 11.6. The summed E-state index contributed by atoms with van der Waals surface area (Å²) in [7, 11) is -2.93. The van der Waals surface area contributed by atoms with Gasteiger partial charge in [-0.2, -0.15) is 5.10 Å². The van der Waals surface area contributed by atoms with Gasteiger partial charge in [-0.15, -0.1) is 0 Å². The quantitative estimate of drug-likeness (QED) is 0.657. The second-order valence-corrected chi connectivity index (χ2v) is 7.96. The van der Waals surface area contributed by atoms with Crippen LogP contribution in [0.1, 0.15) is 18.4 Å². The van der Waals surface area contributed by atoms with Crippen LogP contribution in [0.4, 0.5) is 0 Å². The first-order chi connectivity index (χ1) is 9.44. The largest absolute Gasteiger partial charge is 0.273 e. The fourth-order valence-electron chi connectivity index (χ4n) is 2.07. The van der Waals surface area contributed by atoms with E-state index in [1.165, 1.54) is 0 Å². The van der Waals surface area contributed by atoms with Crippen molar-refractivity contribution in [3.8, 4) is 0 Å². The minimum atomic E-state index is -2.93. The summed E-state index contributed by atoms with van der Waals surface area (Å²) in [6.07, 6.45) is 2.32. The summed E-state index contributed by atoms with van der Waals surface area (Å²) < 4.78 is 23.5. The standard InChI is InChI=1S/C13H15BrN2O3S/c14-12-3-1-10(2-4-12)8-15-16-13(17)7-11-5-6-20(18,19)9-11/h1-4,8,11H,5-7,9H2,(H,16,17)/b15-8-/t11-/m0/s1. The van der Waals surface area contributed by atoms with Crippen LogP contribution in [0.5, 0.6) is 0 Å². The van der Waals surface area contributed by atoms with Crippen molar-refractivity contribution in [2.75, 3.05) is 11.5 Å². The molecule has 1 aliphatic heterocycles. The average Bonchev–Trinajstić information content (AvgIpc) is 2.71. The lowest BCUT2D eigenvalue weighted by molar-refractivity contribution is -0.121. The first kappa shape index (κ1) is 15.2. The van der Waals surface area contributed by atoms with E-state index in [0.29, 0.717) is 6.42 Å². The van der Waals surface area contributed by atoms with Crippen LogP contribution in [0.25, 0.3) is 0 Å². The van der Waals surface area contributed by atoms with Crippen LogP contribution in [-0.4, -0.2) is 32.0 Å². The molecule has 1 aliphatic rings. The van der Waals surface area contributed by atoms with Crippen LogP contribution in [0.3, 0.4) is 0 Å². The summed E-state index contributed by atoms with van der Waals surface area (Å²) >= 11 is 3.33. The lowest BCUT2D eigenvalue weighted by Crippen LogP contribution is -2.21. The Labute approximate surface area is 126 Å². The lowest BCUT2D eigenvalue weighted by atomic mass is 10.1. The number of hydrogen-bond acceptors (Lipinski definition) is 4. The molecule has 0 saturated carbocycles. The lowest BCUT2D eigenvalue weighted by Gasteiger charge is -2.05. The molecule has 0 radical (unpaired) electrons. The molecule has 2 rings (SSSR count). The van der Waals surface area contributed by atoms with E-state index in [0.717, 1.165) is 10.0 Å². The maximum Gasteiger partial charge on any atom is 0.240 e. The number of sulfone groups is 1. The Bertz CT molecular complexity index is 611. The van der Waals surface area contributed by atoms with E-state index in [-0.39, 0.29) is 29.8 Å². The van der Waals surface area contributed by atoms with Crippen molar-refractivity contribution in [1.29, 1.82) is 0 Å². The molecule has 20 heavy (non-hydrogen) atoms. The van der Waals surface area contributed by atoms with E-state index < -0.39 is 9.84 Å². The number of nitrogens with one attached hydrogen (secondary N) is 1. The minimum Gasteiger partial charge on any atom is -0.273 e. The molecule has 1 aromatic rings. The van der Waals surface area contributed by atoms with Crippen LogP contribution in [0.15, 0.2) is 33.8 Å². The van der Waals surface area contributed by atoms with Crippen molar-refractivity contribution in [2.45, 2.75) is 12.8 Å². The Morgan fingerprint density at radius 1 is 1.40 bits per heavy atom. The van der Waals surface area contributed by atoms with Gasteiger partial charge in [-0.3, -0.25) is 4.79 Å². The van der Waals surface area contributed by atoms with Gasteiger partial charge in [-0.05, 0) is 30.0 Å². The third-order valence-electron chi connectivity index (χ3n) is 3.07. The van der Waals surface area contributed by atoms with Crippen molar-refractivity contribution >= 4 is 37.9 Å². The number of halogens is 1. The summed E-state index contributed by atoms with van der Waals surface area (Å²) in [5.74, 6) is -0.0346. The zero-order valence-corrected chi connectivity index (χ0v) is 13.2. The van der Waals surface area contributed by atoms with E-state index in [1.807, 2.05) is 24.3 Å². The molecule has 1 heterocycles. The second-order valence-electron chi connectivity index (χ2n) is 4.82. The average molecular weight is 359 g/mol. The topological polar surface area (TPSA) is 75.6 Å². The fraction of sp³-hybridized carbons (Fsp3) is 0.385. The molecule has 1 fully saturated rings. The maximum absolute atomic E-state index is 11.6. The zero-order chi connectivity index (χ0) is 14.6. The predicted octanol–water partition coefficient (Wildman–Crippen LogP) is 1.72. The highest BCUT2D eigenvalue weighted by Gasteiger charge is 2.29. The Hall–Kier alpha value is -1.21. The van der Waals surface area contributed by atoms with Crippen molar-refractivity contribution in [3.05, 3.63) is 34.3 Å². The number of hydrogen-bond donors (Lipinski definition) is 1. The van der Waals surface area contributed by atoms with Crippen LogP contribution < -0.4 is 5.43 Å². The summed E-state index contributed by atoms with van der Waals surface area (Å²) in [5, 5.41) is 3.86. The van der Waals surface area contributed by atoms with E-state index in [9.17, 15) is 13.2 Å². The van der Waals surface area contributed by atoms with E-state index in [2.05, 4.69) is 26.5 Å². The second kappa shape index (κ2) is 6.49. The van der Waals surface area contributed by atoms with Gasteiger partial charge < -0.3 is 0 Å². The Morgan fingerprint density at radius 2 is 2.10 bits per heavy atom. The molecule has 1 N–H and O–H groups in total. The first-order valence-electron chi connectivity index (χ1n) is 6.22. The predicted molar refractivity (Wildman–Crippen MR) is 81.3 cm³/mol. The molecule has 5 nitrogen and oxygen atoms in total. The molecule has 0 aliphatic carbocycles. The number of benzene rings is 1. The van der Waals surface area contributed by atoms with Crippen LogP contribution in [0, 0.1) is 5.92 Å². The molecule has 1 amide bonds. The van der Waals surface area contributed by atoms with Gasteiger partial charge in [0.2, 0.25) is 5.91 Å². The van der Waals surface area contributed by atoms with Crippen molar-refractivity contribution < 1.29 is 13.2 Å². The molecule has 1 atom stereocenters. The molecule has 0 unspecified atom stereocenters. The Balaban J connectivity index is 1.79. The number of amides is 1. The van der Waals surface area contributed by atoms with Gasteiger partial charge in [0.1, 0.15) is 0 Å². The van der Waals surface area contributed by atoms with E-state index in [4.69, 9.17) is 0 Å². The van der Waals surface area contributed by atoms with Crippen LogP contribution in [-0.2, 0) is 14.6 Å². The number of rotatable bonds is 4.